The Bertz CT molecular complexity index is 2680. The number of nitrogens with zero attached hydrogens (tertiary/aromatic N) is 6. The molecular weight excluding hydrogens is 957 g/mol. The van der Waals surface area contributed by atoms with E-state index in [9.17, 15) is 19.2 Å². The number of hydrogen-bond acceptors (Lipinski definition) is 13. The smallest absolute Gasteiger partial charge is 0.246 e. The van der Waals surface area contributed by atoms with Crippen molar-refractivity contribution in [2.45, 2.75) is 92.7 Å². The molecule has 1 fully saturated rings. The number of hydrogen-bond donors (Lipinski definition) is 3. The number of carbonyl (C=O) groups excluding carboxylic acids is 4. The fraction of sp³-hybridized carbons (Fsp3) is 0.480. The highest BCUT2D eigenvalue weighted by Crippen LogP contribution is 2.40. The molecule has 0 saturated carbocycles. The van der Waals surface area contributed by atoms with E-state index in [4.69, 9.17) is 30.8 Å². The van der Waals surface area contributed by atoms with Gasteiger partial charge in [0.25, 0.3) is 0 Å². The summed E-state index contributed by atoms with van der Waals surface area (Å²) in [4.78, 5) is 66.9. The first-order valence-corrected chi connectivity index (χ1v) is 25.4. The number of rotatable bonds is 20. The molecule has 0 spiro atoms. The minimum atomic E-state index is -1.58. The number of aryl methyl sites for hydroxylation is 3. The lowest BCUT2D eigenvalue weighted by Gasteiger charge is -2.35. The lowest BCUT2D eigenvalue weighted by Crippen LogP contribution is -2.59. The number of ether oxygens (including phenoxy) is 3. The van der Waals surface area contributed by atoms with E-state index >= 15 is 4.39 Å². The summed E-state index contributed by atoms with van der Waals surface area (Å²) in [5, 5.41) is 18.9. The van der Waals surface area contributed by atoms with Crippen molar-refractivity contribution in [2.24, 2.45) is 16.3 Å². The van der Waals surface area contributed by atoms with Crippen LogP contribution in [0, 0.1) is 39.0 Å². The summed E-state index contributed by atoms with van der Waals surface area (Å²) in [5.41, 5.74) is 7.57. The van der Waals surface area contributed by atoms with Gasteiger partial charge in [-0.2, -0.15) is 0 Å². The zero-order valence-corrected chi connectivity index (χ0v) is 43.2. The second-order valence-electron chi connectivity index (χ2n) is 18.6. The van der Waals surface area contributed by atoms with Crippen LogP contribution in [-0.2, 0) is 39.9 Å². The second-order valence-corrected chi connectivity index (χ2v) is 21.1. The molecule has 5 heterocycles. The summed E-state index contributed by atoms with van der Waals surface area (Å²) in [6.07, 6.45) is -1.53. The van der Waals surface area contributed by atoms with E-state index < -0.39 is 53.4 Å². The molecule has 0 unspecified atom stereocenters. The van der Waals surface area contributed by atoms with Crippen LogP contribution >= 0.6 is 34.3 Å². The quantitative estimate of drug-likeness (QED) is 0.0698. The molecule has 2 aliphatic rings. The largest absolute Gasteiger partial charge is 0.377 e. The van der Waals surface area contributed by atoms with Crippen LogP contribution < -0.4 is 16.0 Å². The molecule has 7 rings (SSSR count). The van der Waals surface area contributed by atoms with Gasteiger partial charge < -0.3 is 35.1 Å². The number of carbonyl (C=O) groups is 4. The van der Waals surface area contributed by atoms with Crippen LogP contribution in [-0.4, -0.2) is 125 Å². The van der Waals surface area contributed by atoms with Crippen LogP contribution in [0.2, 0.25) is 5.02 Å². The summed E-state index contributed by atoms with van der Waals surface area (Å²) in [5.74, 6) is -1.16. The Labute approximate surface area is 420 Å². The van der Waals surface area contributed by atoms with Crippen LogP contribution in [0.5, 0.6) is 0 Å². The zero-order chi connectivity index (χ0) is 50.3. The van der Waals surface area contributed by atoms with Gasteiger partial charge in [-0.25, -0.2) is 9.37 Å². The monoisotopic (exact) mass is 1020 g/mol. The molecule has 3 N–H and O–H groups in total. The van der Waals surface area contributed by atoms with Crippen molar-refractivity contribution in [2.75, 3.05) is 52.7 Å². The van der Waals surface area contributed by atoms with Crippen molar-refractivity contribution in [3.63, 3.8) is 0 Å². The summed E-state index contributed by atoms with van der Waals surface area (Å²) >= 11 is 9.43. The van der Waals surface area contributed by atoms with Crippen LogP contribution in [0.15, 0.2) is 59.0 Å². The molecule has 3 aromatic heterocycles. The van der Waals surface area contributed by atoms with Crippen LogP contribution in [0.3, 0.4) is 0 Å². The van der Waals surface area contributed by atoms with Gasteiger partial charge in [0.15, 0.2) is 5.82 Å². The molecule has 0 aliphatic carbocycles. The van der Waals surface area contributed by atoms with Gasteiger partial charge in [-0.3, -0.25) is 28.7 Å². The molecule has 1 saturated heterocycles. The number of likely N-dealkylation sites (tertiary alicyclic amines) is 1. The molecule has 374 valence electrons. The van der Waals surface area contributed by atoms with Crippen molar-refractivity contribution in [1.29, 1.82) is 0 Å². The molecule has 0 bridgehead atoms. The highest BCUT2D eigenvalue weighted by molar-refractivity contribution is 7.15. The van der Waals surface area contributed by atoms with Crippen molar-refractivity contribution >= 4 is 63.6 Å². The standard InChI is InChI=1S/C50H61ClFN9O7S2/c1-28-25-60(43(41(28)52)47(64)54-24-33-9-11-35(12-10-33)44-30(3)55-27-69-44)48(65)45(50(6,7)8)57-39(63)26-68-22-21-67-20-19-66-18-17-53-38(62)23-37-46-59-58-32(5)61(46)49-40(29(2)31(4)70-49)42(56-37)34-13-15-36(51)16-14-34/h9-16,27-28,37,41,43,45H,17-26H2,1-8H3,(H,53,62)(H,54,64)(H,57,63)/t28-,37-,41-,43-,45+/m0/s1. The first kappa shape index (κ1) is 52.4. The summed E-state index contributed by atoms with van der Waals surface area (Å²) in [6.45, 7) is 16.2. The minimum absolute atomic E-state index is 0.0286. The highest BCUT2D eigenvalue weighted by Gasteiger charge is 2.49. The predicted molar refractivity (Wildman–Crippen MR) is 268 cm³/mol. The van der Waals surface area contributed by atoms with Gasteiger partial charge in [0.05, 0.1) is 61.2 Å². The first-order chi connectivity index (χ1) is 33.4. The Morgan fingerprint density at radius 3 is 2.23 bits per heavy atom. The number of benzene rings is 2. The number of aliphatic imine (C=N–C) groups is 1. The van der Waals surface area contributed by atoms with E-state index in [0.717, 1.165) is 54.0 Å². The van der Waals surface area contributed by atoms with Gasteiger partial charge in [0.1, 0.15) is 41.7 Å². The topological polar surface area (TPSA) is 191 Å². The van der Waals surface area contributed by atoms with Gasteiger partial charge >= 0.3 is 0 Å². The fourth-order valence-corrected chi connectivity index (χ4v) is 10.6. The first-order valence-electron chi connectivity index (χ1n) is 23.3. The Morgan fingerprint density at radius 2 is 1.56 bits per heavy atom. The molecule has 5 aromatic rings. The van der Waals surface area contributed by atoms with E-state index in [1.807, 2.05) is 66.9 Å². The molecule has 20 heteroatoms. The fourth-order valence-electron chi connectivity index (χ4n) is 8.43. The molecule has 16 nitrogen and oxygen atoms in total. The third-order valence-electron chi connectivity index (χ3n) is 12.3. The third-order valence-corrected chi connectivity index (χ3v) is 14.8. The summed E-state index contributed by atoms with van der Waals surface area (Å²) in [7, 11) is 0. The van der Waals surface area contributed by atoms with E-state index in [0.29, 0.717) is 16.7 Å². The third kappa shape index (κ3) is 12.3. The summed E-state index contributed by atoms with van der Waals surface area (Å²) in [6, 6.07) is 12.2. The molecular formula is C50H61ClFN9O7S2. The van der Waals surface area contributed by atoms with Gasteiger partial charge in [-0.1, -0.05) is 75.7 Å². The number of alkyl halides is 1. The number of thiazole rings is 1. The predicted octanol–water partition coefficient (Wildman–Crippen LogP) is 6.82. The maximum absolute atomic E-state index is 15.7. The average molecular weight is 1020 g/mol. The number of halogens is 2. The van der Waals surface area contributed by atoms with Crippen molar-refractivity contribution in [1.82, 2.24) is 40.6 Å². The van der Waals surface area contributed by atoms with E-state index in [1.54, 1.807) is 55.9 Å². The Kier molecular flexibility index (Phi) is 17.4. The molecule has 4 amide bonds. The number of aromatic nitrogens is 4. The maximum Gasteiger partial charge on any atom is 0.246 e. The van der Waals surface area contributed by atoms with Gasteiger partial charge in [-0.15, -0.1) is 32.9 Å². The molecule has 2 aliphatic heterocycles. The Balaban J connectivity index is 0.806. The molecule has 70 heavy (non-hydrogen) atoms. The maximum atomic E-state index is 15.7. The second kappa shape index (κ2) is 23.2. The van der Waals surface area contributed by atoms with E-state index in [1.165, 1.54) is 4.90 Å². The van der Waals surface area contributed by atoms with E-state index in [2.05, 4.69) is 45.0 Å². The Morgan fingerprint density at radius 1 is 0.886 bits per heavy atom. The molecule has 5 atom stereocenters. The Hall–Kier alpha value is -5.44. The van der Waals surface area contributed by atoms with Gasteiger partial charge in [0.2, 0.25) is 23.6 Å². The average Bonchev–Trinajstić information content (AvgIpc) is 4.06. The van der Waals surface area contributed by atoms with Crippen molar-refractivity contribution < 1.29 is 37.8 Å². The van der Waals surface area contributed by atoms with Crippen LogP contribution in [0.25, 0.3) is 15.4 Å². The molecule has 2 aromatic carbocycles. The lowest BCUT2D eigenvalue weighted by molar-refractivity contribution is -0.145. The SMILES string of the molecule is Cc1ncsc1-c1ccc(CNC(=O)[C@@H]2[C@@H](F)[C@@H](C)CN2C(=O)[C@@H](NC(=O)COCCOCCOCCNC(=O)C[C@@H]2N=C(c3ccc(Cl)cc3)c3c(sc(C)c3C)-n3c(C)nnc32)C(C)(C)C)cc1. The van der Waals surface area contributed by atoms with Gasteiger partial charge in [-0.05, 0) is 61.9 Å². The minimum Gasteiger partial charge on any atom is -0.377 e. The van der Waals surface area contributed by atoms with Crippen LogP contribution in [0.4, 0.5) is 4.39 Å². The normalized spacial score (nSPS) is 18.1. The molecule has 0 radical (unpaired) electrons. The zero-order valence-electron chi connectivity index (χ0n) is 40.8. The van der Waals surface area contributed by atoms with Crippen molar-refractivity contribution in [3.8, 4) is 15.4 Å². The number of thiophene rings is 1. The number of fused-ring (bicyclic) bond motifs is 3. The number of nitrogens with one attached hydrogen (secondary N) is 3. The van der Waals surface area contributed by atoms with E-state index in [-0.39, 0.29) is 71.6 Å². The van der Waals surface area contributed by atoms with Gasteiger partial charge in [0, 0.05) is 46.6 Å². The lowest BCUT2D eigenvalue weighted by atomic mass is 9.85. The number of amides is 4. The summed E-state index contributed by atoms with van der Waals surface area (Å²) < 4.78 is 34.5. The van der Waals surface area contributed by atoms with Crippen molar-refractivity contribution in [3.05, 3.63) is 104 Å². The highest BCUT2D eigenvalue weighted by atomic mass is 35.5. The van der Waals surface area contributed by atoms with Crippen LogP contribution in [0.1, 0.15) is 84.6 Å².